The summed E-state index contributed by atoms with van der Waals surface area (Å²) in [6.45, 7) is 1.91. The molecule has 6 nitrogen and oxygen atoms in total. The highest BCUT2D eigenvalue weighted by molar-refractivity contribution is 7.98. The second kappa shape index (κ2) is 12.3. The Morgan fingerprint density at radius 3 is 2.14 bits per heavy atom. The monoisotopic (exact) mass is 422 g/mol. The molecule has 0 spiro atoms. The van der Waals surface area contributed by atoms with E-state index in [2.05, 4.69) is 16.0 Å². The molecule has 0 radical (unpaired) electrons. The standard InChI is InChI=1S/C20H26N4O2S.ClH/c1-14(22-19(25)18(21)12-13-27-2)15-8-10-17(11-9-15)24-20(26)23-16-6-4-3-5-7-16;/h3-11,14,18H,12-13,21H2,1-2H3,(H,22,25)(H2,23,24,26);1H/t14?,18-;/m0./s1. The van der Waals surface area contributed by atoms with Crippen LogP contribution in [0.1, 0.15) is 24.9 Å². The van der Waals surface area contributed by atoms with Gasteiger partial charge in [0.2, 0.25) is 5.91 Å². The molecule has 0 aliphatic heterocycles. The highest BCUT2D eigenvalue weighted by Crippen LogP contribution is 2.17. The number of hydrogen-bond acceptors (Lipinski definition) is 4. The van der Waals surface area contributed by atoms with Crippen LogP contribution < -0.4 is 21.7 Å². The van der Waals surface area contributed by atoms with E-state index in [0.717, 1.165) is 17.0 Å². The van der Waals surface area contributed by atoms with Gasteiger partial charge in [-0.15, -0.1) is 12.4 Å². The van der Waals surface area contributed by atoms with Gasteiger partial charge in [-0.25, -0.2) is 4.79 Å². The van der Waals surface area contributed by atoms with Crippen molar-refractivity contribution in [2.75, 3.05) is 22.6 Å². The molecule has 0 aromatic heterocycles. The molecule has 2 atom stereocenters. The number of anilines is 2. The van der Waals surface area contributed by atoms with Gasteiger partial charge in [0, 0.05) is 11.4 Å². The molecule has 0 heterocycles. The van der Waals surface area contributed by atoms with E-state index in [1.807, 2.05) is 55.6 Å². The Bertz CT molecular complexity index is 744. The summed E-state index contributed by atoms with van der Waals surface area (Å²) in [5, 5.41) is 8.46. The van der Waals surface area contributed by atoms with Crippen LogP contribution in [-0.2, 0) is 4.79 Å². The fraction of sp³-hybridized carbons (Fsp3) is 0.300. The summed E-state index contributed by atoms with van der Waals surface area (Å²) in [6.07, 6.45) is 2.64. The van der Waals surface area contributed by atoms with Gasteiger partial charge in [0.15, 0.2) is 0 Å². The topological polar surface area (TPSA) is 96.2 Å². The summed E-state index contributed by atoms with van der Waals surface area (Å²) in [7, 11) is 0. The molecule has 1 unspecified atom stereocenters. The van der Waals surface area contributed by atoms with Crippen LogP contribution in [0, 0.1) is 0 Å². The lowest BCUT2D eigenvalue weighted by molar-refractivity contribution is -0.123. The second-order valence-corrected chi connectivity index (χ2v) is 7.17. The molecule has 8 heteroatoms. The van der Waals surface area contributed by atoms with Crippen molar-refractivity contribution in [3.8, 4) is 0 Å². The van der Waals surface area contributed by atoms with E-state index >= 15 is 0 Å². The van der Waals surface area contributed by atoms with Crippen LogP contribution in [0.25, 0.3) is 0 Å². The Hall–Kier alpha value is -2.22. The summed E-state index contributed by atoms with van der Waals surface area (Å²) < 4.78 is 0. The zero-order valence-corrected chi connectivity index (χ0v) is 17.6. The van der Waals surface area contributed by atoms with Gasteiger partial charge < -0.3 is 21.7 Å². The molecular weight excluding hydrogens is 396 g/mol. The van der Waals surface area contributed by atoms with Gasteiger partial charge in [-0.05, 0) is 55.2 Å². The average Bonchev–Trinajstić information content (AvgIpc) is 2.67. The predicted molar refractivity (Wildman–Crippen MR) is 120 cm³/mol. The van der Waals surface area contributed by atoms with Gasteiger partial charge in [0.1, 0.15) is 0 Å². The maximum absolute atomic E-state index is 12.1. The van der Waals surface area contributed by atoms with E-state index < -0.39 is 6.04 Å². The first-order valence-corrected chi connectivity index (χ1v) is 10.2. The third-order valence-corrected chi connectivity index (χ3v) is 4.67. The molecule has 0 saturated heterocycles. The van der Waals surface area contributed by atoms with Crippen molar-refractivity contribution in [1.29, 1.82) is 0 Å². The number of rotatable bonds is 8. The second-order valence-electron chi connectivity index (χ2n) is 6.19. The smallest absolute Gasteiger partial charge is 0.323 e. The lowest BCUT2D eigenvalue weighted by atomic mass is 10.1. The van der Waals surface area contributed by atoms with Gasteiger partial charge in [0.05, 0.1) is 12.1 Å². The molecule has 0 aliphatic rings. The maximum atomic E-state index is 12.1. The van der Waals surface area contributed by atoms with E-state index in [1.165, 1.54) is 0 Å². The molecule has 2 aromatic rings. The summed E-state index contributed by atoms with van der Waals surface area (Å²) in [5.74, 6) is 0.704. The summed E-state index contributed by atoms with van der Waals surface area (Å²) >= 11 is 1.67. The molecular formula is C20H27ClN4O2S. The van der Waals surface area contributed by atoms with Crippen molar-refractivity contribution < 1.29 is 9.59 Å². The van der Waals surface area contributed by atoms with Crippen LogP contribution in [0.4, 0.5) is 16.2 Å². The fourth-order valence-electron chi connectivity index (χ4n) is 2.45. The minimum atomic E-state index is -0.498. The van der Waals surface area contributed by atoms with Crippen molar-refractivity contribution in [3.63, 3.8) is 0 Å². The summed E-state index contributed by atoms with van der Waals surface area (Å²) in [5.41, 5.74) is 8.22. The van der Waals surface area contributed by atoms with Crippen LogP contribution in [0.15, 0.2) is 54.6 Å². The highest BCUT2D eigenvalue weighted by atomic mass is 35.5. The Morgan fingerprint density at radius 2 is 1.57 bits per heavy atom. The molecule has 3 amide bonds. The van der Waals surface area contributed by atoms with Crippen LogP contribution in [-0.4, -0.2) is 30.0 Å². The first-order chi connectivity index (χ1) is 13.0. The number of urea groups is 1. The van der Waals surface area contributed by atoms with E-state index in [0.29, 0.717) is 12.1 Å². The van der Waals surface area contributed by atoms with Crippen molar-refractivity contribution in [2.45, 2.75) is 25.4 Å². The van der Waals surface area contributed by atoms with Gasteiger partial charge >= 0.3 is 6.03 Å². The molecule has 152 valence electrons. The first-order valence-electron chi connectivity index (χ1n) is 8.77. The number of halogens is 1. The van der Waals surface area contributed by atoms with Gasteiger partial charge in [-0.2, -0.15) is 11.8 Å². The quantitative estimate of drug-likeness (QED) is 0.516. The molecule has 0 saturated carbocycles. The first kappa shape index (κ1) is 23.8. The van der Waals surface area contributed by atoms with E-state index in [1.54, 1.807) is 23.9 Å². The largest absolute Gasteiger partial charge is 0.348 e. The lowest BCUT2D eigenvalue weighted by Crippen LogP contribution is -2.41. The molecule has 0 bridgehead atoms. The third kappa shape index (κ3) is 7.80. The van der Waals surface area contributed by atoms with Crippen molar-refractivity contribution in [1.82, 2.24) is 5.32 Å². The number of para-hydroxylation sites is 1. The van der Waals surface area contributed by atoms with Crippen molar-refractivity contribution in [3.05, 3.63) is 60.2 Å². The number of hydrogen-bond donors (Lipinski definition) is 4. The molecule has 5 N–H and O–H groups in total. The van der Waals surface area contributed by atoms with Gasteiger partial charge in [-0.1, -0.05) is 30.3 Å². The zero-order chi connectivity index (χ0) is 19.6. The third-order valence-electron chi connectivity index (χ3n) is 4.03. The lowest BCUT2D eigenvalue weighted by Gasteiger charge is -2.18. The SMILES string of the molecule is CSCC[C@H](N)C(=O)NC(C)c1ccc(NC(=O)Nc2ccccc2)cc1.Cl. The Kier molecular flexibility index (Phi) is 10.4. The van der Waals surface area contributed by atoms with Crippen LogP contribution in [0.2, 0.25) is 0 Å². The number of nitrogens with one attached hydrogen (secondary N) is 3. The summed E-state index contributed by atoms with van der Waals surface area (Å²) in [6, 6.07) is 15.6. The van der Waals surface area contributed by atoms with Crippen molar-refractivity contribution in [2.24, 2.45) is 5.73 Å². The number of carbonyl (C=O) groups excluding carboxylic acids is 2. The number of carbonyl (C=O) groups is 2. The van der Waals surface area contributed by atoms with Crippen LogP contribution in [0.5, 0.6) is 0 Å². The maximum Gasteiger partial charge on any atom is 0.323 e. The molecule has 2 rings (SSSR count). The minimum Gasteiger partial charge on any atom is -0.348 e. The average molecular weight is 423 g/mol. The van der Waals surface area contributed by atoms with Crippen LogP contribution >= 0.6 is 24.2 Å². The predicted octanol–water partition coefficient (Wildman–Crippen LogP) is 4.01. The number of benzene rings is 2. The van der Waals surface area contributed by atoms with E-state index in [9.17, 15) is 9.59 Å². The van der Waals surface area contributed by atoms with Gasteiger partial charge in [-0.3, -0.25) is 4.79 Å². The van der Waals surface area contributed by atoms with E-state index in [4.69, 9.17) is 5.73 Å². The van der Waals surface area contributed by atoms with Crippen molar-refractivity contribution >= 4 is 47.5 Å². The fourth-order valence-corrected chi connectivity index (χ4v) is 2.94. The normalized spacial score (nSPS) is 12.2. The van der Waals surface area contributed by atoms with Gasteiger partial charge in [0.25, 0.3) is 0 Å². The molecule has 0 aliphatic carbocycles. The van der Waals surface area contributed by atoms with Crippen LogP contribution in [0.3, 0.4) is 0 Å². The minimum absolute atomic E-state index is 0. The number of thioether (sulfide) groups is 1. The summed E-state index contributed by atoms with van der Waals surface area (Å²) in [4.78, 5) is 24.1. The molecule has 28 heavy (non-hydrogen) atoms. The molecule has 2 aromatic carbocycles. The Labute approximate surface area is 176 Å². The van der Waals surface area contributed by atoms with E-state index in [-0.39, 0.29) is 30.4 Å². The Balaban J connectivity index is 0.00000392. The highest BCUT2D eigenvalue weighted by Gasteiger charge is 2.16. The molecule has 0 fully saturated rings. The zero-order valence-electron chi connectivity index (χ0n) is 16.0. The Morgan fingerprint density at radius 1 is 1.00 bits per heavy atom. The number of nitrogens with two attached hydrogens (primary N) is 1. The number of amides is 3.